The lowest BCUT2D eigenvalue weighted by atomic mass is 9.92. The highest BCUT2D eigenvalue weighted by atomic mass is 14.7. The summed E-state index contributed by atoms with van der Waals surface area (Å²) in [5.74, 6) is 0. The molecule has 0 fully saturated rings. The van der Waals surface area contributed by atoms with Gasteiger partial charge in [-0.1, -0.05) is 43.3 Å². The molecule has 0 saturated carbocycles. The first-order valence-corrected chi connectivity index (χ1v) is 8.08. The van der Waals surface area contributed by atoms with Crippen molar-refractivity contribution >= 4 is 27.5 Å². The zero-order chi connectivity index (χ0) is 16.0. The molecule has 0 spiro atoms. The summed E-state index contributed by atoms with van der Waals surface area (Å²) in [6.45, 7) is 4.42. The van der Waals surface area contributed by atoms with Crippen LogP contribution in [0.15, 0.2) is 54.6 Å². The number of benzene rings is 3. The van der Waals surface area contributed by atoms with E-state index in [1.807, 2.05) is 18.2 Å². The van der Waals surface area contributed by atoms with Gasteiger partial charge in [0.25, 0.3) is 0 Å². The Balaban J connectivity index is 2.21. The molecule has 4 aromatic rings. The van der Waals surface area contributed by atoms with E-state index in [1.54, 1.807) is 0 Å². The molecule has 0 unspecified atom stereocenters. The molecule has 114 valence electrons. The zero-order valence-corrected chi connectivity index (χ0v) is 13.5. The number of fused-ring (bicyclic) bond motifs is 3. The monoisotopic (exact) mass is 300 g/mol. The van der Waals surface area contributed by atoms with Crippen molar-refractivity contribution in [2.24, 2.45) is 0 Å². The van der Waals surface area contributed by atoms with Crippen molar-refractivity contribution in [1.29, 1.82) is 0 Å². The summed E-state index contributed by atoms with van der Waals surface area (Å²) < 4.78 is 0. The number of nitrogens with one attached hydrogen (secondary N) is 1. The minimum atomic E-state index is 0.816. The smallest absolute Gasteiger partial charge is 0.0548 e. The number of rotatable bonds is 2. The van der Waals surface area contributed by atoms with E-state index >= 15 is 0 Å². The van der Waals surface area contributed by atoms with Crippen molar-refractivity contribution in [3.8, 4) is 11.1 Å². The maximum absolute atomic E-state index is 6.24. The highest BCUT2D eigenvalue weighted by molar-refractivity contribution is 6.14. The lowest BCUT2D eigenvalue weighted by molar-refractivity contribution is 1.13. The minimum absolute atomic E-state index is 0.816. The maximum atomic E-state index is 6.24. The van der Waals surface area contributed by atoms with Crippen molar-refractivity contribution in [2.75, 3.05) is 5.73 Å². The first-order valence-electron chi connectivity index (χ1n) is 8.08. The van der Waals surface area contributed by atoms with Crippen molar-refractivity contribution in [3.05, 3.63) is 65.7 Å². The first kappa shape index (κ1) is 13.9. The molecule has 1 aromatic heterocycles. The number of H-pyrrole nitrogens is 1. The van der Waals surface area contributed by atoms with Crippen LogP contribution >= 0.6 is 0 Å². The second kappa shape index (κ2) is 5.17. The maximum Gasteiger partial charge on any atom is 0.0548 e. The van der Waals surface area contributed by atoms with Gasteiger partial charge in [0.15, 0.2) is 0 Å². The minimum Gasteiger partial charge on any atom is -0.398 e. The van der Waals surface area contributed by atoms with Crippen molar-refractivity contribution in [1.82, 2.24) is 4.98 Å². The number of hydrogen-bond acceptors (Lipinski definition) is 1. The summed E-state index contributed by atoms with van der Waals surface area (Å²) in [7, 11) is 0. The Hall–Kier alpha value is -2.74. The zero-order valence-electron chi connectivity index (χ0n) is 13.5. The molecule has 0 bridgehead atoms. The largest absolute Gasteiger partial charge is 0.398 e. The van der Waals surface area contributed by atoms with E-state index in [4.69, 9.17) is 5.73 Å². The van der Waals surface area contributed by atoms with E-state index in [2.05, 4.69) is 55.2 Å². The topological polar surface area (TPSA) is 41.8 Å². The van der Waals surface area contributed by atoms with Crippen molar-refractivity contribution in [2.45, 2.75) is 20.3 Å². The molecular formula is C21H20N2. The lowest BCUT2D eigenvalue weighted by Gasteiger charge is -2.13. The van der Waals surface area contributed by atoms with Gasteiger partial charge >= 0.3 is 0 Å². The number of nitrogens with two attached hydrogens (primary N) is 1. The van der Waals surface area contributed by atoms with E-state index < -0.39 is 0 Å². The molecule has 23 heavy (non-hydrogen) atoms. The van der Waals surface area contributed by atoms with Crippen LogP contribution < -0.4 is 5.73 Å². The number of aromatic nitrogens is 1. The third kappa shape index (κ3) is 2.02. The molecule has 3 N–H and O–H groups in total. The summed E-state index contributed by atoms with van der Waals surface area (Å²) in [5.41, 5.74) is 14.4. The van der Waals surface area contributed by atoms with E-state index in [9.17, 15) is 0 Å². The van der Waals surface area contributed by atoms with Gasteiger partial charge in [0.05, 0.1) is 5.52 Å². The fraction of sp³-hybridized carbons (Fsp3) is 0.143. The predicted octanol–water partition coefficient (Wildman–Crippen LogP) is 5.44. The highest BCUT2D eigenvalue weighted by Gasteiger charge is 2.16. The van der Waals surface area contributed by atoms with Crippen molar-refractivity contribution in [3.63, 3.8) is 0 Å². The molecule has 0 aliphatic heterocycles. The Morgan fingerprint density at radius 1 is 0.957 bits per heavy atom. The fourth-order valence-corrected chi connectivity index (χ4v) is 3.64. The van der Waals surface area contributed by atoms with Gasteiger partial charge in [-0.05, 0) is 42.7 Å². The fourth-order valence-electron chi connectivity index (χ4n) is 3.64. The number of aryl methyl sites for hydroxylation is 2. The molecule has 2 heteroatoms. The van der Waals surface area contributed by atoms with E-state index in [1.165, 1.54) is 38.5 Å². The quantitative estimate of drug-likeness (QED) is 0.475. The summed E-state index contributed by atoms with van der Waals surface area (Å²) in [5, 5.41) is 2.63. The van der Waals surface area contributed by atoms with Crippen LogP contribution in [0.4, 0.5) is 5.69 Å². The van der Waals surface area contributed by atoms with Gasteiger partial charge < -0.3 is 10.7 Å². The number of hydrogen-bond donors (Lipinski definition) is 2. The Morgan fingerprint density at radius 3 is 2.48 bits per heavy atom. The SMILES string of the molecule is CCc1c(C)cc(-c2ccccc2N)c2[nH]c3ccccc3c12. The summed E-state index contributed by atoms with van der Waals surface area (Å²) in [4.78, 5) is 3.62. The van der Waals surface area contributed by atoms with Gasteiger partial charge in [0.1, 0.15) is 0 Å². The lowest BCUT2D eigenvalue weighted by Crippen LogP contribution is -1.94. The summed E-state index contributed by atoms with van der Waals surface area (Å²) >= 11 is 0. The Morgan fingerprint density at radius 2 is 1.70 bits per heavy atom. The van der Waals surface area contributed by atoms with Gasteiger partial charge in [0, 0.05) is 33.1 Å². The normalized spacial score (nSPS) is 11.4. The van der Waals surface area contributed by atoms with Crippen LogP contribution in [0.3, 0.4) is 0 Å². The Bertz CT molecular complexity index is 1020. The van der Waals surface area contributed by atoms with Gasteiger partial charge in [-0.25, -0.2) is 0 Å². The first-order chi connectivity index (χ1) is 11.2. The Kier molecular flexibility index (Phi) is 3.12. The molecule has 0 atom stereocenters. The standard InChI is InChI=1S/C21H20N2/c1-3-14-13(2)12-17(15-8-4-6-10-18(15)22)21-20(14)16-9-5-7-11-19(16)23-21/h4-12,23H,3,22H2,1-2H3. The Labute approximate surface area is 135 Å². The van der Waals surface area contributed by atoms with Crippen LogP contribution in [0.5, 0.6) is 0 Å². The molecule has 2 nitrogen and oxygen atoms in total. The van der Waals surface area contributed by atoms with E-state index in [0.717, 1.165) is 17.7 Å². The molecule has 3 aromatic carbocycles. The predicted molar refractivity (Wildman–Crippen MR) is 99.8 cm³/mol. The summed E-state index contributed by atoms with van der Waals surface area (Å²) in [6, 6.07) is 18.9. The van der Waals surface area contributed by atoms with Crippen LogP contribution in [0.25, 0.3) is 32.9 Å². The van der Waals surface area contributed by atoms with E-state index in [0.29, 0.717) is 0 Å². The molecular weight excluding hydrogens is 280 g/mol. The van der Waals surface area contributed by atoms with Crippen LogP contribution in [0.1, 0.15) is 18.1 Å². The number of aromatic amines is 1. The van der Waals surface area contributed by atoms with Crippen molar-refractivity contribution < 1.29 is 0 Å². The molecule has 0 aliphatic carbocycles. The van der Waals surface area contributed by atoms with Crippen LogP contribution in [-0.2, 0) is 6.42 Å². The third-order valence-electron chi connectivity index (χ3n) is 4.72. The molecule has 0 radical (unpaired) electrons. The van der Waals surface area contributed by atoms with Gasteiger partial charge in [0.2, 0.25) is 0 Å². The molecule has 4 rings (SSSR count). The molecule has 0 aliphatic rings. The molecule has 0 saturated heterocycles. The third-order valence-corrected chi connectivity index (χ3v) is 4.72. The van der Waals surface area contributed by atoms with Crippen LogP contribution in [0.2, 0.25) is 0 Å². The molecule has 1 heterocycles. The van der Waals surface area contributed by atoms with Crippen LogP contribution in [-0.4, -0.2) is 4.98 Å². The van der Waals surface area contributed by atoms with Gasteiger partial charge in [-0.2, -0.15) is 0 Å². The average molecular weight is 300 g/mol. The second-order valence-electron chi connectivity index (χ2n) is 6.08. The number of nitrogen functional groups attached to an aromatic ring is 1. The molecule has 0 amide bonds. The second-order valence-corrected chi connectivity index (χ2v) is 6.08. The van der Waals surface area contributed by atoms with Gasteiger partial charge in [-0.15, -0.1) is 0 Å². The number of para-hydroxylation sites is 2. The van der Waals surface area contributed by atoms with Gasteiger partial charge in [-0.3, -0.25) is 0 Å². The number of anilines is 1. The average Bonchev–Trinajstić information content (AvgIpc) is 2.94. The van der Waals surface area contributed by atoms with Crippen LogP contribution in [0, 0.1) is 6.92 Å². The summed E-state index contributed by atoms with van der Waals surface area (Å²) in [6.07, 6.45) is 1.02. The highest BCUT2D eigenvalue weighted by Crippen LogP contribution is 2.39. The van der Waals surface area contributed by atoms with E-state index in [-0.39, 0.29) is 0 Å².